The van der Waals surface area contributed by atoms with Gasteiger partial charge < -0.3 is 15.0 Å². The highest BCUT2D eigenvalue weighted by Gasteiger charge is 2.20. The lowest BCUT2D eigenvalue weighted by Gasteiger charge is -2.20. The van der Waals surface area contributed by atoms with Gasteiger partial charge in [0.1, 0.15) is 5.65 Å². The number of aryl methyl sites for hydroxylation is 2. The van der Waals surface area contributed by atoms with Crippen molar-refractivity contribution in [1.29, 1.82) is 0 Å². The fourth-order valence-electron chi connectivity index (χ4n) is 3.06. The van der Waals surface area contributed by atoms with Gasteiger partial charge in [-0.1, -0.05) is 6.07 Å². The predicted molar refractivity (Wildman–Crippen MR) is 77.3 cm³/mol. The van der Waals surface area contributed by atoms with Crippen molar-refractivity contribution >= 4 is 5.65 Å². The summed E-state index contributed by atoms with van der Waals surface area (Å²) in [5, 5.41) is 0. The van der Waals surface area contributed by atoms with Gasteiger partial charge in [0, 0.05) is 12.7 Å². The molecule has 1 atom stereocenters. The molecule has 3 rings (SSSR count). The quantitative estimate of drug-likeness (QED) is 0.916. The number of rotatable bonds is 3. The molecule has 0 aromatic carbocycles. The number of nitrogens with zero attached hydrogens (tertiary/aromatic N) is 3. The smallest absolute Gasteiger partial charge is 0.137 e. The van der Waals surface area contributed by atoms with Crippen LogP contribution in [0.3, 0.4) is 0 Å². The average molecular weight is 258 g/mol. The zero-order valence-corrected chi connectivity index (χ0v) is 11.8. The normalized spacial score (nSPS) is 18.3. The summed E-state index contributed by atoms with van der Waals surface area (Å²) in [6.07, 6.45) is 4.74. The summed E-state index contributed by atoms with van der Waals surface area (Å²) < 4.78 is 2.16. The summed E-state index contributed by atoms with van der Waals surface area (Å²) in [6, 6.07) is 4.20. The number of hydrogen-bond acceptors (Lipinski definition) is 3. The van der Waals surface area contributed by atoms with Crippen molar-refractivity contribution in [2.24, 2.45) is 5.73 Å². The van der Waals surface area contributed by atoms with Gasteiger partial charge in [-0.15, -0.1) is 0 Å². The molecule has 1 saturated heterocycles. The minimum Gasteiger partial charge on any atom is -0.322 e. The third-order valence-electron chi connectivity index (χ3n) is 3.99. The lowest BCUT2D eigenvalue weighted by molar-refractivity contribution is 0.313. The van der Waals surface area contributed by atoms with Crippen LogP contribution in [0.4, 0.5) is 0 Å². The minimum absolute atomic E-state index is 0.0369. The Morgan fingerprint density at radius 3 is 2.74 bits per heavy atom. The predicted octanol–water partition coefficient (Wildman–Crippen LogP) is 2.05. The van der Waals surface area contributed by atoms with E-state index in [0.717, 1.165) is 23.6 Å². The summed E-state index contributed by atoms with van der Waals surface area (Å²) in [5.41, 5.74) is 10.9. The summed E-state index contributed by atoms with van der Waals surface area (Å²) in [4.78, 5) is 7.07. The van der Waals surface area contributed by atoms with Crippen LogP contribution in [-0.2, 0) is 0 Å². The van der Waals surface area contributed by atoms with E-state index in [-0.39, 0.29) is 6.04 Å². The second-order valence-corrected chi connectivity index (χ2v) is 5.63. The second-order valence-electron chi connectivity index (χ2n) is 5.63. The monoisotopic (exact) mass is 258 g/mol. The Bertz CT molecular complexity index is 581. The molecule has 2 aromatic rings. The highest BCUT2D eigenvalue weighted by molar-refractivity contribution is 5.45. The Kier molecular flexibility index (Phi) is 3.29. The zero-order valence-electron chi connectivity index (χ0n) is 11.8. The van der Waals surface area contributed by atoms with E-state index in [1.807, 2.05) is 0 Å². The molecular formula is C15H22N4. The Labute approximate surface area is 114 Å². The molecule has 0 radical (unpaired) electrons. The highest BCUT2D eigenvalue weighted by atomic mass is 15.2. The summed E-state index contributed by atoms with van der Waals surface area (Å²) in [7, 11) is 0. The number of likely N-dealkylation sites (tertiary alicyclic amines) is 1. The molecular weight excluding hydrogens is 236 g/mol. The molecule has 2 aromatic heterocycles. The minimum atomic E-state index is 0.0369. The lowest BCUT2D eigenvalue weighted by atomic mass is 10.1. The first-order valence-electron chi connectivity index (χ1n) is 7.08. The van der Waals surface area contributed by atoms with Crippen molar-refractivity contribution < 1.29 is 0 Å². The molecule has 0 spiro atoms. The van der Waals surface area contributed by atoms with Crippen molar-refractivity contribution in [2.75, 3.05) is 19.6 Å². The van der Waals surface area contributed by atoms with Gasteiger partial charge in [-0.05, 0) is 51.4 Å². The molecule has 0 bridgehead atoms. The summed E-state index contributed by atoms with van der Waals surface area (Å²) in [6.45, 7) is 7.46. The van der Waals surface area contributed by atoms with Gasteiger partial charge in [0.05, 0.1) is 17.4 Å². The molecule has 0 aliphatic carbocycles. The third-order valence-corrected chi connectivity index (χ3v) is 3.99. The number of pyridine rings is 1. The molecule has 4 heteroatoms. The van der Waals surface area contributed by atoms with Gasteiger partial charge in [-0.2, -0.15) is 0 Å². The number of nitrogens with two attached hydrogens (primary N) is 1. The van der Waals surface area contributed by atoms with Crippen LogP contribution < -0.4 is 5.73 Å². The summed E-state index contributed by atoms with van der Waals surface area (Å²) in [5.74, 6) is 0. The largest absolute Gasteiger partial charge is 0.322 e. The van der Waals surface area contributed by atoms with Crippen LogP contribution in [0, 0.1) is 13.8 Å². The molecule has 102 valence electrons. The zero-order chi connectivity index (χ0) is 13.4. The van der Waals surface area contributed by atoms with Crippen LogP contribution in [-0.4, -0.2) is 33.9 Å². The molecule has 19 heavy (non-hydrogen) atoms. The molecule has 1 unspecified atom stereocenters. The topological polar surface area (TPSA) is 46.6 Å². The molecule has 3 heterocycles. The molecule has 1 aliphatic rings. The maximum Gasteiger partial charge on any atom is 0.137 e. The van der Waals surface area contributed by atoms with E-state index in [1.54, 1.807) is 0 Å². The first-order chi connectivity index (χ1) is 9.15. The highest BCUT2D eigenvalue weighted by Crippen LogP contribution is 2.21. The fraction of sp³-hybridized carbons (Fsp3) is 0.533. The number of aromatic nitrogens is 2. The van der Waals surface area contributed by atoms with Crippen molar-refractivity contribution in [1.82, 2.24) is 14.3 Å². The Hall–Kier alpha value is -1.39. The maximum absolute atomic E-state index is 6.43. The van der Waals surface area contributed by atoms with E-state index in [9.17, 15) is 0 Å². The molecule has 4 nitrogen and oxygen atoms in total. The molecule has 1 aliphatic heterocycles. The van der Waals surface area contributed by atoms with Gasteiger partial charge >= 0.3 is 0 Å². The van der Waals surface area contributed by atoms with Crippen LogP contribution in [0.5, 0.6) is 0 Å². The third kappa shape index (κ3) is 2.38. The molecule has 0 amide bonds. The SMILES string of the molecule is Cc1ccc2nc(C)c(C(N)CN3CCCC3)n2c1. The maximum atomic E-state index is 6.43. The Morgan fingerprint density at radius 1 is 1.26 bits per heavy atom. The number of imidazole rings is 1. The van der Waals surface area contributed by atoms with Crippen LogP contribution in [0.15, 0.2) is 18.3 Å². The van der Waals surface area contributed by atoms with Crippen LogP contribution in [0.1, 0.15) is 35.8 Å². The van der Waals surface area contributed by atoms with Crippen LogP contribution >= 0.6 is 0 Å². The number of hydrogen-bond donors (Lipinski definition) is 1. The first-order valence-corrected chi connectivity index (χ1v) is 7.08. The molecule has 0 saturated carbocycles. The van der Waals surface area contributed by atoms with E-state index in [0.29, 0.717) is 0 Å². The Balaban J connectivity index is 1.93. The van der Waals surface area contributed by atoms with Crippen LogP contribution in [0.2, 0.25) is 0 Å². The van der Waals surface area contributed by atoms with E-state index in [1.165, 1.54) is 31.5 Å². The molecule has 2 N–H and O–H groups in total. The van der Waals surface area contributed by atoms with Gasteiger partial charge in [0.2, 0.25) is 0 Å². The van der Waals surface area contributed by atoms with Gasteiger partial charge in [-0.25, -0.2) is 4.98 Å². The van der Waals surface area contributed by atoms with Gasteiger partial charge in [-0.3, -0.25) is 0 Å². The average Bonchev–Trinajstić information content (AvgIpc) is 2.95. The fourth-order valence-corrected chi connectivity index (χ4v) is 3.06. The number of fused-ring (bicyclic) bond motifs is 1. The first kappa shape index (κ1) is 12.6. The van der Waals surface area contributed by atoms with E-state index in [2.05, 4.69) is 46.5 Å². The van der Waals surface area contributed by atoms with Crippen LogP contribution in [0.25, 0.3) is 5.65 Å². The van der Waals surface area contributed by atoms with Crippen molar-refractivity contribution in [3.05, 3.63) is 35.3 Å². The molecule has 1 fully saturated rings. The van der Waals surface area contributed by atoms with Gasteiger partial charge in [0.15, 0.2) is 0 Å². The Morgan fingerprint density at radius 2 is 2.00 bits per heavy atom. The van der Waals surface area contributed by atoms with E-state index >= 15 is 0 Å². The summed E-state index contributed by atoms with van der Waals surface area (Å²) >= 11 is 0. The second kappa shape index (κ2) is 4.94. The van der Waals surface area contributed by atoms with E-state index < -0.39 is 0 Å². The van der Waals surface area contributed by atoms with Crippen molar-refractivity contribution in [2.45, 2.75) is 32.7 Å². The lowest BCUT2D eigenvalue weighted by Crippen LogP contribution is -2.31. The van der Waals surface area contributed by atoms with E-state index in [4.69, 9.17) is 5.73 Å². The van der Waals surface area contributed by atoms with Gasteiger partial charge in [0.25, 0.3) is 0 Å². The standard InChI is InChI=1S/C15H22N4/c1-11-5-6-14-17-12(2)15(19(14)9-11)13(16)10-18-7-3-4-8-18/h5-6,9,13H,3-4,7-8,10,16H2,1-2H3. The van der Waals surface area contributed by atoms with Crippen molar-refractivity contribution in [3.8, 4) is 0 Å². The van der Waals surface area contributed by atoms with Crippen molar-refractivity contribution in [3.63, 3.8) is 0 Å².